The highest BCUT2D eigenvalue weighted by molar-refractivity contribution is 7.47. The van der Waals surface area contributed by atoms with Crippen LogP contribution >= 0.6 is 15.6 Å². The fourth-order valence-electron chi connectivity index (χ4n) is 11.7. The third-order valence-electron chi connectivity index (χ3n) is 17.9. The average molecular weight is 1430 g/mol. The van der Waals surface area contributed by atoms with E-state index in [4.69, 9.17) is 37.0 Å². The maximum atomic E-state index is 13.1. The van der Waals surface area contributed by atoms with E-state index < -0.39 is 97.5 Å². The molecule has 0 aromatic carbocycles. The van der Waals surface area contributed by atoms with Crippen molar-refractivity contribution in [2.75, 3.05) is 39.6 Å². The molecule has 0 saturated carbocycles. The predicted octanol–water partition coefficient (Wildman–Crippen LogP) is 23.3. The van der Waals surface area contributed by atoms with Gasteiger partial charge in [0.25, 0.3) is 0 Å². The summed E-state index contributed by atoms with van der Waals surface area (Å²) in [5.74, 6) is -2.13. The monoisotopic (exact) mass is 1430 g/mol. The van der Waals surface area contributed by atoms with Crippen LogP contribution < -0.4 is 0 Å². The molecule has 0 aliphatic rings. The van der Waals surface area contributed by atoms with Crippen molar-refractivity contribution in [1.82, 2.24) is 0 Å². The SMILES string of the molecule is CCCCCC/C=C\CCCCCCCCCC(=O)O[C@H](COC(=O)CCCCCCCCCCCCCCCCC)COP(=O)(O)OC[C@H](O)COP(=O)(O)OC[C@@H](COC(=O)CCCCCCC/C=C\CCCCCC)OC(=O)CCCCCCCCCCCCCCCCC. The van der Waals surface area contributed by atoms with Crippen LogP contribution in [0.2, 0.25) is 0 Å². The topological polar surface area (TPSA) is 237 Å². The third kappa shape index (κ3) is 71.9. The zero-order valence-corrected chi connectivity index (χ0v) is 65.0. The standard InChI is InChI=1S/C79H150O17P2/c1-5-9-13-17-21-25-29-33-36-40-44-48-52-56-60-64-77(82)90-70-75(96-79(84)66-62-58-54-50-46-42-38-35-31-27-23-19-15-11-7-3)72-94-98(87,88)92-68-73(80)67-91-97(85,86)93-71-74(69-89-76(81)63-59-55-51-47-43-39-32-28-24-20-16-12-8-4)95-78(83)65-61-57-53-49-45-41-37-34-30-26-22-18-14-10-6-2/h27-28,31-32,73-75,80H,5-26,29-30,33-72H2,1-4H3,(H,85,86)(H,87,88)/b31-27-,32-28-/t73-,74-,75-/m1/s1. The van der Waals surface area contributed by atoms with E-state index in [9.17, 15) is 43.2 Å². The molecule has 3 N–H and O–H groups in total. The van der Waals surface area contributed by atoms with E-state index in [-0.39, 0.29) is 25.7 Å². The first-order valence-corrected chi connectivity index (χ1v) is 43.6. The Kier molecular flexibility index (Phi) is 71.0. The van der Waals surface area contributed by atoms with Crippen LogP contribution in [0.4, 0.5) is 0 Å². The molecule has 0 fully saturated rings. The summed E-state index contributed by atoms with van der Waals surface area (Å²) in [4.78, 5) is 73.0. The molecule has 0 aromatic heterocycles. The minimum absolute atomic E-state index is 0.0988. The van der Waals surface area contributed by atoms with Gasteiger partial charge < -0.3 is 33.8 Å². The van der Waals surface area contributed by atoms with Crippen LogP contribution in [0.5, 0.6) is 0 Å². The smallest absolute Gasteiger partial charge is 0.462 e. The lowest BCUT2D eigenvalue weighted by atomic mass is 10.0. The van der Waals surface area contributed by atoms with Crippen LogP contribution in [-0.4, -0.2) is 96.7 Å². The second kappa shape index (κ2) is 72.9. The minimum atomic E-state index is -4.96. The van der Waals surface area contributed by atoms with Crippen LogP contribution in [0.25, 0.3) is 0 Å². The summed E-state index contributed by atoms with van der Waals surface area (Å²) in [6.07, 6.45) is 67.2. The van der Waals surface area contributed by atoms with Gasteiger partial charge in [-0.25, -0.2) is 9.13 Å². The van der Waals surface area contributed by atoms with Gasteiger partial charge >= 0.3 is 39.5 Å². The first-order chi connectivity index (χ1) is 47.7. The zero-order valence-electron chi connectivity index (χ0n) is 63.2. The van der Waals surface area contributed by atoms with E-state index in [0.29, 0.717) is 25.7 Å². The molecule has 2 unspecified atom stereocenters. The first-order valence-electron chi connectivity index (χ1n) is 40.6. The van der Waals surface area contributed by atoms with Crippen molar-refractivity contribution >= 4 is 39.5 Å². The summed E-state index contributed by atoms with van der Waals surface area (Å²) in [6, 6.07) is 0. The Morgan fingerprint density at radius 2 is 0.469 bits per heavy atom. The molecule has 17 nitrogen and oxygen atoms in total. The molecular formula is C79H150O17P2. The van der Waals surface area contributed by atoms with Gasteiger partial charge in [-0.15, -0.1) is 0 Å². The van der Waals surface area contributed by atoms with Gasteiger partial charge in [-0.1, -0.05) is 322 Å². The van der Waals surface area contributed by atoms with Crippen molar-refractivity contribution in [1.29, 1.82) is 0 Å². The molecule has 0 heterocycles. The van der Waals surface area contributed by atoms with Crippen molar-refractivity contribution in [3.8, 4) is 0 Å². The molecule has 0 aliphatic heterocycles. The van der Waals surface area contributed by atoms with Crippen LogP contribution in [-0.2, 0) is 65.4 Å². The number of allylic oxidation sites excluding steroid dienone is 4. The summed E-state index contributed by atoms with van der Waals surface area (Å²) >= 11 is 0. The van der Waals surface area contributed by atoms with Gasteiger partial charge in [0.2, 0.25) is 0 Å². The number of esters is 4. The van der Waals surface area contributed by atoms with Crippen LogP contribution in [0.3, 0.4) is 0 Å². The fraction of sp³-hybridized carbons (Fsp3) is 0.899. The number of rotatable bonds is 78. The molecule has 0 spiro atoms. The molecule has 19 heteroatoms. The fourth-order valence-corrected chi connectivity index (χ4v) is 13.3. The summed E-state index contributed by atoms with van der Waals surface area (Å²) in [5, 5.41) is 10.6. The molecule has 0 amide bonds. The molecule has 0 rings (SSSR count). The third-order valence-corrected chi connectivity index (χ3v) is 19.8. The van der Waals surface area contributed by atoms with E-state index in [1.54, 1.807) is 0 Å². The molecular weight excluding hydrogens is 1280 g/mol. The van der Waals surface area contributed by atoms with Crippen LogP contribution in [0, 0.1) is 0 Å². The molecule has 0 bridgehead atoms. The van der Waals surface area contributed by atoms with Gasteiger partial charge in [0.15, 0.2) is 12.2 Å². The summed E-state index contributed by atoms with van der Waals surface area (Å²) < 4.78 is 68.6. The molecule has 98 heavy (non-hydrogen) atoms. The lowest BCUT2D eigenvalue weighted by molar-refractivity contribution is -0.161. The van der Waals surface area contributed by atoms with E-state index in [1.165, 1.54) is 186 Å². The molecule has 5 atom stereocenters. The maximum Gasteiger partial charge on any atom is 0.472 e. The Morgan fingerprint density at radius 1 is 0.276 bits per heavy atom. The van der Waals surface area contributed by atoms with Gasteiger partial charge in [0, 0.05) is 25.7 Å². The lowest BCUT2D eigenvalue weighted by Gasteiger charge is -2.21. The number of phosphoric ester groups is 2. The molecule has 0 radical (unpaired) electrons. The van der Waals surface area contributed by atoms with Crippen molar-refractivity contribution in [3.63, 3.8) is 0 Å². The Morgan fingerprint density at radius 3 is 0.714 bits per heavy atom. The van der Waals surface area contributed by atoms with Crippen molar-refractivity contribution in [2.45, 2.75) is 418 Å². The Balaban J connectivity index is 5.29. The average Bonchev–Trinajstić information content (AvgIpc) is 1.04. The molecule has 578 valence electrons. The molecule has 0 saturated heterocycles. The van der Waals surface area contributed by atoms with Crippen molar-refractivity contribution < 1.29 is 80.2 Å². The van der Waals surface area contributed by atoms with E-state index in [0.717, 1.165) is 135 Å². The Bertz CT molecular complexity index is 1950. The number of carbonyl (C=O) groups is 4. The summed E-state index contributed by atoms with van der Waals surface area (Å²) in [5.41, 5.74) is 0. The van der Waals surface area contributed by atoms with Crippen LogP contribution in [0.1, 0.15) is 400 Å². The quantitative estimate of drug-likeness (QED) is 0.0169. The number of carbonyl (C=O) groups excluding carboxylic acids is 4. The number of aliphatic hydroxyl groups excluding tert-OH is 1. The number of phosphoric acid groups is 2. The molecule has 0 aromatic rings. The largest absolute Gasteiger partial charge is 0.472 e. The highest BCUT2D eigenvalue weighted by Gasteiger charge is 2.30. The second-order valence-corrected chi connectivity index (χ2v) is 30.6. The maximum absolute atomic E-state index is 13.1. The lowest BCUT2D eigenvalue weighted by Crippen LogP contribution is -2.30. The second-order valence-electron chi connectivity index (χ2n) is 27.7. The first kappa shape index (κ1) is 95.5. The van der Waals surface area contributed by atoms with E-state index in [2.05, 4.69) is 52.0 Å². The number of unbranched alkanes of at least 4 members (excludes halogenated alkanes) is 48. The number of hydrogen-bond acceptors (Lipinski definition) is 15. The van der Waals surface area contributed by atoms with E-state index >= 15 is 0 Å². The number of ether oxygens (including phenoxy) is 4. The normalized spacial score (nSPS) is 14.0. The summed E-state index contributed by atoms with van der Waals surface area (Å²) in [7, 11) is -9.93. The van der Waals surface area contributed by atoms with Crippen molar-refractivity contribution in [2.24, 2.45) is 0 Å². The molecule has 0 aliphatic carbocycles. The summed E-state index contributed by atoms with van der Waals surface area (Å²) in [6.45, 7) is 4.95. The highest BCUT2D eigenvalue weighted by Crippen LogP contribution is 2.45. The van der Waals surface area contributed by atoms with Gasteiger partial charge in [0.1, 0.15) is 19.3 Å². The number of aliphatic hydroxyl groups is 1. The van der Waals surface area contributed by atoms with E-state index in [1.807, 2.05) is 0 Å². The highest BCUT2D eigenvalue weighted by atomic mass is 31.2. The minimum Gasteiger partial charge on any atom is -0.462 e. The Hall–Kier alpha value is -2.46. The van der Waals surface area contributed by atoms with Crippen molar-refractivity contribution in [3.05, 3.63) is 24.3 Å². The number of hydrogen-bond donors (Lipinski definition) is 3. The van der Waals surface area contributed by atoms with Gasteiger partial charge in [0.05, 0.1) is 26.4 Å². The van der Waals surface area contributed by atoms with Gasteiger partial charge in [-0.3, -0.25) is 37.3 Å². The Labute approximate surface area is 599 Å². The zero-order chi connectivity index (χ0) is 71.8. The van der Waals surface area contributed by atoms with Gasteiger partial charge in [-0.05, 0) is 77.0 Å². The van der Waals surface area contributed by atoms with Crippen LogP contribution in [0.15, 0.2) is 24.3 Å². The van der Waals surface area contributed by atoms with Gasteiger partial charge in [-0.2, -0.15) is 0 Å². The predicted molar refractivity (Wildman–Crippen MR) is 400 cm³/mol.